The predicted molar refractivity (Wildman–Crippen MR) is 148 cm³/mol. The summed E-state index contributed by atoms with van der Waals surface area (Å²) in [6.45, 7) is 13.0. The smallest absolute Gasteiger partial charge is 0.408 e. The number of nitrogens with zero attached hydrogens (tertiary/aromatic N) is 1. The Kier molecular flexibility index (Phi) is 12.9. The number of nitrogens with one attached hydrogen (secondary N) is 2. The molecule has 1 aromatic rings. The Morgan fingerprint density at radius 2 is 1.69 bits per heavy atom. The normalized spacial score (nSPS) is 13.8. The lowest BCUT2D eigenvalue weighted by Crippen LogP contribution is -2.55. The van der Waals surface area contributed by atoms with Crippen molar-refractivity contribution in [2.75, 3.05) is 12.0 Å². The van der Waals surface area contributed by atoms with E-state index in [1.165, 1.54) is 0 Å². The molecule has 0 saturated heterocycles. The minimum atomic E-state index is -0.888. The van der Waals surface area contributed by atoms with Crippen LogP contribution in [0.3, 0.4) is 0 Å². The first kappa shape index (κ1) is 31.4. The topological polar surface area (TPSA) is 87.7 Å². The standard InChI is InChI=1S/C28H43N3O4S/c1-10-12-20(5)29-25(32)24(22-15-13-21(11-2)14-16-22)31(19(3)4)26(33)23(17-18-36-9)30-27(34)35-28(6,7)8/h2,13-16,19-20,23-24H,10,12,17-18H2,1,3-9H3,(H,29,32)(H,30,34). The molecule has 0 aliphatic rings. The maximum Gasteiger partial charge on any atom is 0.408 e. The van der Waals surface area contributed by atoms with E-state index in [2.05, 4.69) is 23.5 Å². The highest BCUT2D eigenvalue weighted by molar-refractivity contribution is 7.98. The van der Waals surface area contributed by atoms with Crippen LogP contribution in [-0.2, 0) is 14.3 Å². The van der Waals surface area contributed by atoms with Gasteiger partial charge >= 0.3 is 6.09 Å². The first-order valence-corrected chi connectivity index (χ1v) is 13.9. The Labute approximate surface area is 221 Å². The molecule has 36 heavy (non-hydrogen) atoms. The van der Waals surface area contributed by atoms with Crippen LogP contribution in [0.15, 0.2) is 24.3 Å². The molecule has 0 aliphatic heterocycles. The largest absolute Gasteiger partial charge is 0.444 e. The zero-order valence-electron chi connectivity index (χ0n) is 23.0. The van der Waals surface area contributed by atoms with E-state index in [9.17, 15) is 14.4 Å². The van der Waals surface area contributed by atoms with E-state index in [0.717, 1.165) is 12.8 Å². The Morgan fingerprint density at radius 3 is 2.17 bits per heavy atom. The van der Waals surface area contributed by atoms with E-state index in [4.69, 9.17) is 11.2 Å². The van der Waals surface area contributed by atoms with Crippen LogP contribution in [0, 0.1) is 12.3 Å². The summed E-state index contributed by atoms with van der Waals surface area (Å²) in [7, 11) is 0. The van der Waals surface area contributed by atoms with E-state index in [1.807, 2.05) is 27.0 Å². The zero-order chi connectivity index (χ0) is 27.5. The van der Waals surface area contributed by atoms with Gasteiger partial charge in [-0.25, -0.2) is 4.79 Å². The fraction of sp³-hybridized carbons (Fsp3) is 0.607. The second kappa shape index (κ2) is 14.8. The molecule has 0 radical (unpaired) electrons. The molecule has 0 bridgehead atoms. The molecule has 1 aromatic carbocycles. The van der Waals surface area contributed by atoms with Gasteiger partial charge in [0.05, 0.1) is 0 Å². The maximum absolute atomic E-state index is 14.0. The van der Waals surface area contributed by atoms with Crippen molar-refractivity contribution in [3.05, 3.63) is 35.4 Å². The van der Waals surface area contributed by atoms with Crippen molar-refractivity contribution >= 4 is 29.7 Å². The molecule has 8 heteroatoms. The number of benzene rings is 1. The van der Waals surface area contributed by atoms with Crippen LogP contribution in [0.5, 0.6) is 0 Å². The Morgan fingerprint density at radius 1 is 1.08 bits per heavy atom. The SMILES string of the molecule is C#Cc1ccc(C(C(=O)NC(C)CCC)N(C(=O)C(CCSC)NC(=O)OC(C)(C)C)C(C)C)cc1. The highest BCUT2D eigenvalue weighted by Gasteiger charge is 2.38. The second-order valence-corrected chi connectivity index (χ2v) is 11.2. The second-order valence-electron chi connectivity index (χ2n) is 10.2. The molecule has 3 unspecified atom stereocenters. The molecule has 0 spiro atoms. The minimum Gasteiger partial charge on any atom is -0.444 e. The molecular weight excluding hydrogens is 474 g/mol. The predicted octanol–water partition coefficient (Wildman–Crippen LogP) is 4.90. The number of carbonyl (C=O) groups excluding carboxylic acids is 3. The quantitative estimate of drug-likeness (QED) is 0.385. The van der Waals surface area contributed by atoms with E-state index in [-0.39, 0.29) is 23.9 Å². The number of hydrogen-bond donors (Lipinski definition) is 2. The van der Waals surface area contributed by atoms with Gasteiger partial charge in [0.15, 0.2) is 0 Å². The number of alkyl carbamates (subject to hydrolysis) is 1. The lowest BCUT2D eigenvalue weighted by molar-refractivity contribution is -0.144. The lowest BCUT2D eigenvalue weighted by atomic mass is 9.99. The summed E-state index contributed by atoms with van der Waals surface area (Å²) < 4.78 is 5.41. The summed E-state index contributed by atoms with van der Waals surface area (Å²) in [6.07, 6.45) is 8.94. The van der Waals surface area contributed by atoms with Crippen LogP contribution in [0.1, 0.15) is 84.9 Å². The Hall–Kier alpha value is -2.66. The third-order valence-electron chi connectivity index (χ3n) is 5.44. The molecule has 0 aliphatic carbocycles. The molecule has 2 N–H and O–H groups in total. The van der Waals surface area contributed by atoms with Crippen molar-refractivity contribution in [2.24, 2.45) is 0 Å². The van der Waals surface area contributed by atoms with E-state index in [1.54, 1.807) is 61.7 Å². The van der Waals surface area contributed by atoms with Crippen molar-refractivity contribution in [3.8, 4) is 12.3 Å². The van der Waals surface area contributed by atoms with E-state index in [0.29, 0.717) is 23.3 Å². The number of ether oxygens (including phenoxy) is 1. The first-order valence-electron chi connectivity index (χ1n) is 12.5. The molecular formula is C28H43N3O4S. The molecule has 7 nitrogen and oxygen atoms in total. The summed E-state index contributed by atoms with van der Waals surface area (Å²) >= 11 is 1.58. The van der Waals surface area contributed by atoms with E-state index < -0.39 is 23.8 Å². The fourth-order valence-electron chi connectivity index (χ4n) is 3.83. The number of amides is 3. The van der Waals surface area contributed by atoms with Crippen LogP contribution in [0.4, 0.5) is 4.79 Å². The molecule has 0 heterocycles. The summed E-state index contributed by atoms with van der Waals surface area (Å²) in [5.41, 5.74) is 0.633. The molecule has 0 aromatic heterocycles. The van der Waals surface area contributed by atoms with Crippen LogP contribution in [0.25, 0.3) is 0 Å². The summed E-state index contributed by atoms with van der Waals surface area (Å²) in [5.74, 6) is 2.63. The molecule has 0 saturated carbocycles. The summed E-state index contributed by atoms with van der Waals surface area (Å²) in [5, 5.41) is 5.81. The zero-order valence-corrected chi connectivity index (χ0v) is 23.8. The number of terminal acetylenes is 1. The van der Waals surface area contributed by atoms with Crippen molar-refractivity contribution in [3.63, 3.8) is 0 Å². The lowest BCUT2D eigenvalue weighted by Gasteiger charge is -2.37. The van der Waals surface area contributed by atoms with Gasteiger partial charge < -0.3 is 20.3 Å². The average Bonchev–Trinajstić information content (AvgIpc) is 2.78. The van der Waals surface area contributed by atoms with Gasteiger partial charge in [-0.15, -0.1) is 6.42 Å². The summed E-state index contributed by atoms with van der Waals surface area (Å²) in [4.78, 5) is 41.7. The number of rotatable bonds is 12. The van der Waals surface area contributed by atoms with Crippen LogP contribution in [0.2, 0.25) is 0 Å². The van der Waals surface area contributed by atoms with Crippen LogP contribution < -0.4 is 10.6 Å². The van der Waals surface area contributed by atoms with Crippen molar-refractivity contribution in [2.45, 2.75) is 97.5 Å². The molecule has 3 atom stereocenters. The third-order valence-corrected chi connectivity index (χ3v) is 6.08. The fourth-order valence-corrected chi connectivity index (χ4v) is 4.30. The van der Waals surface area contributed by atoms with Gasteiger partial charge in [-0.1, -0.05) is 31.4 Å². The van der Waals surface area contributed by atoms with Gasteiger partial charge in [0.2, 0.25) is 11.8 Å². The first-order chi connectivity index (χ1) is 16.8. The van der Waals surface area contributed by atoms with Gasteiger partial charge in [0.1, 0.15) is 17.7 Å². The number of thioether (sulfide) groups is 1. The third kappa shape index (κ3) is 10.1. The highest BCUT2D eigenvalue weighted by Crippen LogP contribution is 2.26. The molecule has 200 valence electrons. The Bertz CT molecular complexity index is 903. The number of carbonyl (C=O) groups is 3. The van der Waals surface area contributed by atoms with Gasteiger partial charge in [0, 0.05) is 17.6 Å². The number of hydrogen-bond acceptors (Lipinski definition) is 5. The van der Waals surface area contributed by atoms with Crippen molar-refractivity contribution in [1.82, 2.24) is 15.5 Å². The van der Waals surface area contributed by atoms with Gasteiger partial charge in [0.25, 0.3) is 0 Å². The maximum atomic E-state index is 14.0. The Balaban J connectivity index is 3.45. The molecule has 0 fully saturated rings. The molecule has 1 rings (SSSR count). The van der Waals surface area contributed by atoms with Crippen molar-refractivity contribution in [1.29, 1.82) is 0 Å². The highest BCUT2D eigenvalue weighted by atomic mass is 32.2. The van der Waals surface area contributed by atoms with Gasteiger partial charge in [-0.3, -0.25) is 9.59 Å². The summed E-state index contributed by atoms with van der Waals surface area (Å²) in [6, 6.07) is 4.99. The van der Waals surface area contributed by atoms with Gasteiger partial charge in [-0.05, 0) is 84.1 Å². The molecule has 3 amide bonds. The van der Waals surface area contributed by atoms with Gasteiger partial charge in [-0.2, -0.15) is 11.8 Å². The average molecular weight is 518 g/mol. The van der Waals surface area contributed by atoms with E-state index >= 15 is 0 Å². The van der Waals surface area contributed by atoms with Crippen molar-refractivity contribution < 1.29 is 19.1 Å². The van der Waals surface area contributed by atoms with Crippen LogP contribution >= 0.6 is 11.8 Å². The minimum absolute atomic E-state index is 0.0497. The van der Waals surface area contributed by atoms with Crippen LogP contribution in [-0.4, -0.2) is 58.5 Å². The monoisotopic (exact) mass is 517 g/mol.